The molecule has 1 aromatic heterocycles. The minimum absolute atomic E-state index is 0.521. The summed E-state index contributed by atoms with van der Waals surface area (Å²) < 4.78 is 0. The van der Waals surface area contributed by atoms with Crippen LogP contribution < -0.4 is 10.6 Å². The van der Waals surface area contributed by atoms with Gasteiger partial charge in [-0.05, 0) is 31.2 Å². The van der Waals surface area contributed by atoms with Crippen LogP contribution in [0.2, 0.25) is 0 Å². The molecule has 0 amide bonds. The van der Waals surface area contributed by atoms with Gasteiger partial charge in [-0.1, -0.05) is 6.92 Å². The van der Waals surface area contributed by atoms with Crippen LogP contribution in [0.5, 0.6) is 0 Å². The molecule has 0 spiro atoms. The van der Waals surface area contributed by atoms with E-state index >= 15 is 0 Å². The molecule has 0 radical (unpaired) electrons. The predicted molar refractivity (Wildman–Crippen MR) is 84.9 cm³/mol. The zero-order valence-corrected chi connectivity index (χ0v) is 12.2. The van der Waals surface area contributed by atoms with Gasteiger partial charge >= 0.3 is 0 Å². The number of aromatic nitrogens is 1. The number of anilines is 2. The van der Waals surface area contributed by atoms with E-state index in [9.17, 15) is 0 Å². The quantitative estimate of drug-likeness (QED) is 0.811. The van der Waals surface area contributed by atoms with Gasteiger partial charge in [0.25, 0.3) is 0 Å². The second-order valence-corrected chi connectivity index (χ2v) is 6.57. The van der Waals surface area contributed by atoms with E-state index in [1.165, 1.54) is 11.4 Å². The summed E-state index contributed by atoms with van der Waals surface area (Å²) >= 11 is 2.05. The summed E-state index contributed by atoms with van der Waals surface area (Å²) in [6.45, 7) is 5.67. The van der Waals surface area contributed by atoms with Gasteiger partial charge in [-0.3, -0.25) is 4.98 Å². The van der Waals surface area contributed by atoms with Gasteiger partial charge in [0.1, 0.15) is 0 Å². The second kappa shape index (κ2) is 4.93. The average molecular weight is 273 g/mol. The molecular formula is C15H19N3S. The number of hydrogen-bond acceptors (Lipinski definition) is 4. The Morgan fingerprint density at radius 1 is 1.32 bits per heavy atom. The number of hydrogen-bond donors (Lipinski definition) is 1. The van der Waals surface area contributed by atoms with Crippen LogP contribution in [0.3, 0.4) is 0 Å². The maximum Gasteiger partial charge on any atom is 0.0956 e. The van der Waals surface area contributed by atoms with Crippen molar-refractivity contribution in [2.45, 2.75) is 25.1 Å². The summed E-state index contributed by atoms with van der Waals surface area (Å²) in [5.41, 5.74) is 9.09. The van der Waals surface area contributed by atoms with Crippen LogP contribution in [0.1, 0.15) is 13.8 Å². The van der Waals surface area contributed by atoms with Crippen molar-refractivity contribution in [1.29, 1.82) is 0 Å². The van der Waals surface area contributed by atoms with Crippen LogP contribution in [-0.2, 0) is 0 Å². The van der Waals surface area contributed by atoms with Crippen molar-refractivity contribution in [1.82, 2.24) is 4.98 Å². The molecule has 1 fully saturated rings. The van der Waals surface area contributed by atoms with Crippen LogP contribution in [0.15, 0.2) is 30.5 Å². The number of benzene rings is 1. The van der Waals surface area contributed by atoms with Crippen molar-refractivity contribution in [3.05, 3.63) is 30.5 Å². The lowest BCUT2D eigenvalue weighted by Gasteiger charge is -2.39. The number of thioether (sulfide) groups is 1. The molecule has 2 heterocycles. The summed E-state index contributed by atoms with van der Waals surface area (Å²) in [4.78, 5) is 7.02. The molecule has 19 heavy (non-hydrogen) atoms. The summed E-state index contributed by atoms with van der Waals surface area (Å²) in [5.74, 6) is 1.17. The molecule has 0 saturated carbocycles. The molecule has 1 saturated heterocycles. The largest absolute Gasteiger partial charge is 0.398 e. The van der Waals surface area contributed by atoms with Crippen molar-refractivity contribution in [3.8, 4) is 0 Å². The molecule has 3 rings (SSSR count). The first kappa shape index (κ1) is 12.6. The summed E-state index contributed by atoms with van der Waals surface area (Å²) in [6, 6.07) is 8.63. The van der Waals surface area contributed by atoms with E-state index in [2.05, 4.69) is 29.8 Å². The maximum atomic E-state index is 6.05. The highest BCUT2D eigenvalue weighted by Crippen LogP contribution is 2.34. The van der Waals surface area contributed by atoms with E-state index in [4.69, 9.17) is 5.73 Å². The Morgan fingerprint density at radius 3 is 3.00 bits per heavy atom. The molecule has 1 aliphatic heterocycles. The highest BCUT2D eigenvalue weighted by atomic mass is 32.2. The fourth-order valence-corrected chi connectivity index (χ4v) is 3.78. The number of fused-ring (bicyclic) bond motifs is 1. The molecule has 2 atom stereocenters. The van der Waals surface area contributed by atoms with Gasteiger partial charge in [0.2, 0.25) is 0 Å². The molecule has 1 aromatic carbocycles. The number of nitrogen functional groups attached to an aromatic ring is 1. The molecule has 2 unspecified atom stereocenters. The fourth-order valence-electron chi connectivity index (χ4n) is 2.68. The zero-order chi connectivity index (χ0) is 13.4. The van der Waals surface area contributed by atoms with Gasteiger partial charge in [-0.25, -0.2) is 0 Å². The first-order valence-electron chi connectivity index (χ1n) is 6.70. The van der Waals surface area contributed by atoms with E-state index in [0.29, 0.717) is 11.3 Å². The summed E-state index contributed by atoms with van der Waals surface area (Å²) in [5, 5.41) is 1.70. The fraction of sp³-hybridized carbons (Fsp3) is 0.400. The van der Waals surface area contributed by atoms with Crippen LogP contribution in [0.25, 0.3) is 10.9 Å². The van der Waals surface area contributed by atoms with Crippen LogP contribution >= 0.6 is 11.8 Å². The number of nitrogens with zero attached hydrogens (tertiary/aromatic N) is 2. The first-order chi connectivity index (χ1) is 9.18. The van der Waals surface area contributed by atoms with Crippen molar-refractivity contribution < 1.29 is 0 Å². The van der Waals surface area contributed by atoms with E-state index in [1.807, 2.05) is 36.2 Å². The van der Waals surface area contributed by atoms with Gasteiger partial charge in [-0.2, -0.15) is 11.8 Å². The zero-order valence-electron chi connectivity index (χ0n) is 11.3. The minimum atomic E-state index is 0.521. The molecule has 0 bridgehead atoms. The Morgan fingerprint density at radius 2 is 2.16 bits per heavy atom. The lowest BCUT2D eigenvalue weighted by molar-refractivity contribution is 0.629. The number of rotatable bonds is 1. The van der Waals surface area contributed by atoms with Crippen molar-refractivity contribution in [2.75, 3.05) is 22.9 Å². The maximum absolute atomic E-state index is 6.05. The Kier molecular flexibility index (Phi) is 3.27. The Labute approximate surface area is 118 Å². The van der Waals surface area contributed by atoms with E-state index in [1.54, 1.807) is 0 Å². The van der Waals surface area contributed by atoms with Crippen molar-refractivity contribution in [2.24, 2.45) is 0 Å². The SMILES string of the molecule is CC1SCCN(c2ccc(N)c3cccnc23)C1C. The number of pyridine rings is 1. The second-order valence-electron chi connectivity index (χ2n) is 5.08. The van der Waals surface area contributed by atoms with E-state index in [0.717, 1.165) is 23.1 Å². The van der Waals surface area contributed by atoms with E-state index in [-0.39, 0.29) is 0 Å². The normalized spacial score (nSPS) is 23.8. The Bertz CT molecular complexity index is 599. The molecule has 2 N–H and O–H groups in total. The summed E-state index contributed by atoms with van der Waals surface area (Å²) in [7, 11) is 0. The lowest BCUT2D eigenvalue weighted by Crippen LogP contribution is -2.44. The number of nitrogens with two attached hydrogens (primary N) is 1. The van der Waals surface area contributed by atoms with Crippen LogP contribution in [0.4, 0.5) is 11.4 Å². The smallest absolute Gasteiger partial charge is 0.0956 e. The van der Waals surface area contributed by atoms with E-state index < -0.39 is 0 Å². The Hall–Kier alpha value is -1.42. The predicted octanol–water partition coefficient (Wildman–Crippen LogP) is 3.15. The van der Waals surface area contributed by atoms with Gasteiger partial charge in [0.05, 0.1) is 11.2 Å². The van der Waals surface area contributed by atoms with Gasteiger partial charge in [0, 0.05) is 40.9 Å². The van der Waals surface area contributed by atoms with Crippen molar-refractivity contribution >= 4 is 34.0 Å². The minimum Gasteiger partial charge on any atom is -0.398 e. The van der Waals surface area contributed by atoms with Gasteiger partial charge < -0.3 is 10.6 Å². The average Bonchev–Trinajstić information content (AvgIpc) is 2.43. The molecule has 1 aliphatic rings. The summed E-state index contributed by atoms with van der Waals surface area (Å²) in [6.07, 6.45) is 1.85. The standard InChI is InChI=1S/C15H19N3S/c1-10-11(2)19-9-8-18(10)14-6-5-13(16)12-4-3-7-17-15(12)14/h3-7,10-11H,8-9,16H2,1-2H3. The third kappa shape index (κ3) is 2.14. The third-order valence-corrected chi connectivity index (χ3v) is 5.31. The molecule has 0 aliphatic carbocycles. The highest BCUT2D eigenvalue weighted by molar-refractivity contribution is 8.00. The van der Waals surface area contributed by atoms with Gasteiger partial charge in [0.15, 0.2) is 0 Å². The first-order valence-corrected chi connectivity index (χ1v) is 7.75. The van der Waals surface area contributed by atoms with Crippen molar-refractivity contribution in [3.63, 3.8) is 0 Å². The Balaban J connectivity index is 2.12. The van der Waals surface area contributed by atoms with Gasteiger partial charge in [-0.15, -0.1) is 0 Å². The molecule has 100 valence electrons. The molecule has 2 aromatic rings. The monoisotopic (exact) mass is 273 g/mol. The lowest BCUT2D eigenvalue weighted by atomic mass is 10.1. The highest BCUT2D eigenvalue weighted by Gasteiger charge is 2.26. The third-order valence-electron chi connectivity index (χ3n) is 3.98. The molecule has 4 heteroatoms. The van der Waals surface area contributed by atoms with Crippen LogP contribution in [-0.4, -0.2) is 28.6 Å². The van der Waals surface area contributed by atoms with Crippen LogP contribution in [0, 0.1) is 0 Å². The molecule has 3 nitrogen and oxygen atoms in total. The molecular weight excluding hydrogens is 254 g/mol. The topological polar surface area (TPSA) is 42.1 Å².